The fourth-order valence-corrected chi connectivity index (χ4v) is 7.12. The highest BCUT2D eigenvalue weighted by Crippen LogP contribution is 2.36. The molecule has 0 bridgehead atoms. The quantitative estimate of drug-likeness (QED) is 0.213. The normalized spacial score (nSPS) is 20.4. The molecule has 0 nitrogen and oxygen atoms in total. The smallest absolute Gasteiger partial charge is 0.0172 e. The molecular formula is C47H42. The van der Waals surface area contributed by atoms with Gasteiger partial charge in [0.25, 0.3) is 0 Å². The Morgan fingerprint density at radius 3 is 2.40 bits per heavy atom. The summed E-state index contributed by atoms with van der Waals surface area (Å²) < 4.78 is 0. The third-order valence-corrected chi connectivity index (χ3v) is 9.91. The van der Waals surface area contributed by atoms with E-state index in [2.05, 4.69) is 173 Å². The van der Waals surface area contributed by atoms with Crippen LogP contribution in [-0.2, 0) is 0 Å². The van der Waals surface area contributed by atoms with E-state index in [1.54, 1.807) is 0 Å². The fourth-order valence-electron chi connectivity index (χ4n) is 7.12. The van der Waals surface area contributed by atoms with Crippen LogP contribution >= 0.6 is 0 Å². The van der Waals surface area contributed by atoms with Crippen LogP contribution in [0.1, 0.15) is 50.3 Å². The molecule has 0 radical (unpaired) electrons. The molecule has 0 heteroatoms. The summed E-state index contributed by atoms with van der Waals surface area (Å²) in [6.07, 6.45) is 33.8. The first kappa shape index (κ1) is 30.5. The highest BCUT2D eigenvalue weighted by molar-refractivity contribution is 5.84. The standard InChI is InChI=1S/C47H42/c1-5-37(27-35-12-9-10-13-35)38-20-22-40(23-21-38)47-31-44(30-43-16-11-17-45(43)47)42-25-24-41(29-42)33(3)34(4)46(39-14-7-6-8-15-39)28-36-19-18-32(2)26-36/h5-10,12,14-31,36,41H,1,11,13H2,2-4H3/b34-33+,37-27+,46-28?. The van der Waals surface area contributed by atoms with Crippen LogP contribution in [0.4, 0.5) is 0 Å². The summed E-state index contributed by atoms with van der Waals surface area (Å²) in [5, 5.41) is 2.68. The topological polar surface area (TPSA) is 0 Å². The second kappa shape index (κ2) is 13.3. The Morgan fingerprint density at radius 1 is 0.851 bits per heavy atom. The first-order chi connectivity index (χ1) is 23.0. The van der Waals surface area contributed by atoms with Gasteiger partial charge in [0.05, 0.1) is 0 Å². The van der Waals surface area contributed by atoms with Crippen LogP contribution in [0.5, 0.6) is 0 Å². The number of allylic oxidation sites excluding steroid dienone is 19. The van der Waals surface area contributed by atoms with Gasteiger partial charge < -0.3 is 0 Å². The number of rotatable bonds is 9. The minimum Gasteiger partial charge on any atom is -0.0984 e. The first-order valence-electron chi connectivity index (χ1n) is 16.8. The minimum absolute atomic E-state index is 0.259. The maximum Gasteiger partial charge on any atom is 0.0172 e. The lowest BCUT2D eigenvalue weighted by molar-refractivity contribution is 0.964. The predicted molar refractivity (Wildman–Crippen MR) is 204 cm³/mol. The lowest BCUT2D eigenvalue weighted by Crippen LogP contribution is -2.24. The van der Waals surface area contributed by atoms with Crippen molar-refractivity contribution in [3.8, 4) is 11.1 Å². The Labute approximate surface area is 280 Å². The Balaban J connectivity index is 1.21. The molecule has 4 aliphatic rings. The van der Waals surface area contributed by atoms with Crippen molar-refractivity contribution in [2.75, 3.05) is 0 Å². The van der Waals surface area contributed by atoms with Crippen molar-refractivity contribution < 1.29 is 0 Å². The summed E-state index contributed by atoms with van der Waals surface area (Å²) in [5.74, 6) is 0.584. The molecule has 4 aliphatic carbocycles. The van der Waals surface area contributed by atoms with E-state index in [0.717, 1.165) is 18.4 Å². The number of benzene rings is 3. The van der Waals surface area contributed by atoms with Crippen LogP contribution in [0.25, 0.3) is 40.0 Å². The van der Waals surface area contributed by atoms with E-state index in [4.69, 9.17) is 0 Å². The van der Waals surface area contributed by atoms with Crippen molar-refractivity contribution in [3.63, 3.8) is 0 Å². The molecule has 0 aromatic heterocycles. The van der Waals surface area contributed by atoms with Gasteiger partial charge in [0.1, 0.15) is 0 Å². The number of fused-ring (bicyclic) bond motifs is 1. The summed E-state index contributed by atoms with van der Waals surface area (Å²) in [7, 11) is 0. The van der Waals surface area contributed by atoms with Crippen LogP contribution in [0.3, 0.4) is 0 Å². The highest BCUT2D eigenvalue weighted by Gasteiger charge is 2.19. The molecule has 0 heterocycles. The molecule has 0 N–H and O–H groups in total. The monoisotopic (exact) mass is 606 g/mol. The van der Waals surface area contributed by atoms with Gasteiger partial charge in [0.2, 0.25) is 0 Å². The second-order valence-corrected chi connectivity index (χ2v) is 13.0. The molecule has 3 aromatic carbocycles. The Hall–Kier alpha value is -5.20. The van der Waals surface area contributed by atoms with E-state index in [0.29, 0.717) is 5.92 Å². The molecule has 0 aliphatic heterocycles. The number of hydrogen-bond acceptors (Lipinski definition) is 0. The van der Waals surface area contributed by atoms with Crippen LogP contribution in [0.2, 0.25) is 0 Å². The third kappa shape index (κ3) is 6.42. The van der Waals surface area contributed by atoms with Crippen LogP contribution in [-0.4, -0.2) is 0 Å². The Kier molecular flexibility index (Phi) is 8.60. The molecule has 230 valence electrons. The Morgan fingerprint density at radius 2 is 1.68 bits per heavy atom. The van der Waals surface area contributed by atoms with Crippen molar-refractivity contribution in [2.45, 2.75) is 33.6 Å². The van der Waals surface area contributed by atoms with Gasteiger partial charge in [-0.3, -0.25) is 0 Å². The minimum atomic E-state index is 0.259. The summed E-state index contributed by atoms with van der Waals surface area (Å²) in [4.78, 5) is 0. The summed E-state index contributed by atoms with van der Waals surface area (Å²) in [5.41, 5.74) is 15.5. The molecule has 0 fully saturated rings. The molecule has 47 heavy (non-hydrogen) atoms. The lowest BCUT2D eigenvalue weighted by Gasteiger charge is -2.17. The zero-order valence-corrected chi connectivity index (χ0v) is 27.7. The zero-order valence-electron chi connectivity index (χ0n) is 27.7. The van der Waals surface area contributed by atoms with E-state index in [9.17, 15) is 0 Å². The predicted octanol–water partition coefficient (Wildman–Crippen LogP) is 10.9. The molecular weight excluding hydrogens is 565 g/mol. The third-order valence-electron chi connectivity index (χ3n) is 9.91. The molecule has 0 amide bonds. The van der Waals surface area contributed by atoms with E-state index in [1.165, 1.54) is 71.7 Å². The highest BCUT2D eigenvalue weighted by atomic mass is 14.2. The van der Waals surface area contributed by atoms with E-state index in [-0.39, 0.29) is 5.92 Å². The van der Waals surface area contributed by atoms with Gasteiger partial charge in [-0.1, -0.05) is 157 Å². The van der Waals surface area contributed by atoms with Gasteiger partial charge in [0.15, 0.2) is 0 Å². The van der Waals surface area contributed by atoms with Gasteiger partial charge in [-0.05, 0) is 112 Å². The van der Waals surface area contributed by atoms with E-state index < -0.39 is 0 Å². The summed E-state index contributed by atoms with van der Waals surface area (Å²) in [6, 6.07) is 24.6. The Bertz CT molecular complexity index is 2140. The van der Waals surface area contributed by atoms with Crippen molar-refractivity contribution in [2.24, 2.45) is 11.8 Å². The van der Waals surface area contributed by atoms with Gasteiger partial charge in [-0.15, -0.1) is 0 Å². The van der Waals surface area contributed by atoms with Crippen molar-refractivity contribution >= 4 is 28.9 Å². The largest absolute Gasteiger partial charge is 0.0984 e. The molecule has 0 spiro atoms. The van der Waals surface area contributed by atoms with Gasteiger partial charge >= 0.3 is 0 Å². The van der Waals surface area contributed by atoms with Crippen LogP contribution in [0, 0.1) is 11.8 Å². The van der Waals surface area contributed by atoms with Gasteiger partial charge in [-0.2, -0.15) is 0 Å². The molecule has 2 unspecified atom stereocenters. The maximum atomic E-state index is 4.09. The van der Waals surface area contributed by atoms with E-state index >= 15 is 0 Å². The van der Waals surface area contributed by atoms with Gasteiger partial charge in [0, 0.05) is 11.8 Å². The molecule has 3 aromatic rings. The fraction of sp³-hybridized carbons (Fsp3) is 0.149. The summed E-state index contributed by atoms with van der Waals surface area (Å²) >= 11 is 0. The SMILES string of the molecule is C=C/C(=C\C1=CC=CC1)c1ccc(-c2cc(C3=CC(/C(C)=C(\C)C(=CC4C=CC(C)=C4)c4ccccc4)C=C3)cc3c2=CCC=3)cc1. The molecule has 0 saturated carbocycles. The van der Waals surface area contributed by atoms with Crippen molar-refractivity contribution in [3.05, 3.63) is 196 Å². The van der Waals surface area contributed by atoms with Gasteiger partial charge in [-0.25, -0.2) is 0 Å². The van der Waals surface area contributed by atoms with Crippen LogP contribution in [0.15, 0.2) is 169 Å². The molecule has 0 saturated heterocycles. The average molecular weight is 607 g/mol. The first-order valence-corrected chi connectivity index (χ1v) is 16.8. The average Bonchev–Trinajstić information content (AvgIpc) is 3.94. The summed E-state index contributed by atoms with van der Waals surface area (Å²) in [6.45, 7) is 10.9. The van der Waals surface area contributed by atoms with Crippen molar-refractivity contribution in [1.82, 2.24) is 0 Å². The zero-order chi connectivity index (χ0) is 32.3. The van der Waals surface area contributed by atoms with Crippen LogP contribution < -0.4 is 10.4 Å². The van der Waals surface area contributed by atoms with E-state index in [1.807, 2.05) is 6.08 Å². The van der Waals surface area contributed by atoms with Crippen molar-refractivity contribution in [1.29, 1.82) is 0 Å². The molecule has 7 rings (SSSR count). The lowest BCUT2D eigenvalue weighted by atomic mass is 9.88. The molecule has 2 atom stereocenters. The second-order valence-electron chi connectivity index (χ2n) is 13.0. The maximum absolute atomic E-state index is 4.09. The number of hydrogen-bond donors (Lipinski definition) is 0.